The molecule has 0 atom stereocenters. The highest BCUT2D eigenvalue weighted by Crippen LogP contribution is 2.42. The summed E-state index contributed by atoms with van der Waals surface area (Å²) in [5.41, 5.74) is 2.66. The molecule has 2 aliphatic rings. The van der Waals surface area contributed by atoms with Crippen LogP contribution in [0.25, 0.3) is 0 Å². The van der Waals surface area contributed by atoms with Crippen molar-refractivity contribution in [2.45, 2.75) is 58.2 Å². The Morgan fingerprint density at radius 1 is 1.09 bits per heavy atom. The van der Waals surface area contributed by atoms with Gasteiger partial charge in [-0.1, -0.05) is 25.3 Å². The van der Waals surface area contributed by atoms with E-state index in [1.165, 1.54) is 0 Å². The predicted molar refractivity (Wildman–Crippen MR) is 86.0 cm³/mol. The number of nitrogens with one attached hydrogen (secondary N) is 1. The fourth-order valence-electron chi connectivity index (χ4n) is 3.83. The van der Waals surface area contributed by atoms with Crippen LogP contribution in [-0.2, 0) is 27.5 Å². The Kier molecular flexibility index (Phi) is 4.66. The lowest BCUT2D eigenvalue weighted by molar-refractivity contribution is -0.140. The van der Waals surface area contributed by atoms with Gasteiger partial charge in [-0.2, -0.15) is 0 Å². The van der Waals surface area contributed by atoms with Crippen LogP contribution in [0.5, 0.6) is 0 Å². The van der Waals surface area contributed by atoms with Crippen LogP contribution >= 0.6 is 0 Å². The molecule has 0 aromatic heterocycles. The Morgan fingerprint density at radius 3 is 2.57 bits per heavy atom. The average Bonchev–Trinajstić information content (AvgIpc) is 2.94. The highest BCUT2D eigenvalue weighted by molar-refractivity contribution is 5.91. The van der Waals surface area contributed by atoms with Gasteiger partial charge in [0.05, 0.1) is 19.6 Å². The lowest BCUT2D eigenvalue weighted by Crippen LogP contribution is -2.32. The minimum atomic E-state index is -0.811. The van der Waals surface area contributed by atoms with Gasteiger partial charge >= 0.3 is 5.97 Å². The number of hydrogen-bond donors (Lipinski definition) is 2. The van der Waals surface area contributed by atoms with E-state index in [1.54, 1.807) is 0 Å². The molecule has 1 aromatic carbocycles. The van der Waals surface area contributed by atoms with Crippen LogP contribution in [0.1, 0.15) is 56.1 Å². The summed E-state index contributed by atoms with van der Waals surface area (Å²) < 4.78 is 5.38. The average molecular weight is 317 g/mol. The van der Waals surface area contributed by atoms with E-state index in [-0.39, 0.29) is 24.2 Å². The number of amides is 1. The minimum absolute atomic E-state index is 0.0818. The first kappa shape index (κ1) is 16.0. The van der Waals surface area contributed by atoms with Crippen LogP contribution in [0.4, 0.5) is 5.69 Å². The fraction of sp³-hybridized carbons (Fsp3) is 0.556. The first-order chi connectivity index (χ1) is 11.1. The van der Waals surface area contributed by atoms with Crippen LogP contribution < -0.4 is 5.32 Å². The topological polar surface area (TPSA) is 75.6 Å². The third-order valence-electron chi connectivity index (χ3n) is 4.98. The first-order valence-corrected chi connectivity index (χ1v) is 8.28. The zero-order valence-corrected chi connectivity index (χ0v) is 13.3. The van der Waals surface area contributed by atoms with Crippen molar-refractivity contribution in [3.8, 4) is 0 Å². The molecular formula is C18H23NO4. The van der Waals surface area contributed by atoms with Crippen LogP contribution in [0.2, 0.25) is 0 Å². The summed E-state index contributed by atoms with van der Waals surface area (Å²) in [6.07, 6.45) is 5.17. The summed E-state index contributed by atoms with van der Waals surface area (Å²) in [5.74, 6) is -0.901. The largest absolute Gasteiger partial charge is 0.481 e. The van der Waals surface area contributed by atoms with E-state index in [0.717, 1.165) is 48.9 Å². The van der Waals surface area contributed by atoms with Gasteiger partial charge in [0.1, 0.15) is 0 Å². The van der Waals surface area contributed by atoms with Gasteiger partial charge in [-0.3, -0.25) is 9.59 Å². The summed E-state index contributed by atoms with van der Waals surface area (Å²) in [6, 6.07) is 5.81. The van der Waals surface area contributed by atoms with Crippen LogP contribution in [-0.4, -0.2) is 17.0 Å². The van der Waals surface area contributed by atoms with Gasteiger partial charge in [0.25, 0.3) is 0 Å². The van der Waals surface area contributed by atoms with E-state index in [0.29, 0.717) is 13.2 Å². The van der Waals surface area contributed by atoms with E-state index in [4.69, 9.17) is 4.74 Å². The molecule has 23 heavy (non-hydrogen) atoms. The van der Waals surface area contributed by atoms with Crippen molar-refractivity contribution < 1.29 is 19.4 Å². The second-order valence-corrected chi connectivity index (χ2v) is 6.83. The number of ether oxygens (including phenoxy) is 1. The number of hydrogen-bond acceptors (Lipinski definition) is 3. The number of carbonyl (C=O) groups is 2. The molecule has 0 unspecified atom stereocenters. The maximum atomic E-state index is 12.4. The maximum Gasteiger partial charge on any atom is 0.303 e. The van der Waals surface area contributed by atoms with Crippen LogP contribution in [0.3, 0.4) is 0 Å². The highest BCUT2D eigenvalue weighted by Gasteiger charge is 2.36. The Bertz CT molecular complexity index is 605. The monoisotopic (exact) mass is 317 g/mol. The molecule has 1 saturated carbocycles. The molecule has 2 N–H and O–H groups in total. The number of carboxylic acid groups (broad SMARTS) is 1. The highest BCUT2D eigenvalue weighted by atomic mass is 16.5. The van der Waals surface area contributed by atoms with Crippen LogP contribution in [0, 0.1) is 5.41 Å². The summed E-state index contributed by atoms with van der Waals surface area (Å²) in [5, 5.41) is 12.1. The van der Waals surface area contributed by atoms with Crippen molar-refractivity contribution in [2.75, 3.05) is 5.32 Å². The molecule has 5 nitrogen and oxygen atoms in total. The minimum Gasteiger partial charge on any atom is -0.481 e. The molecule has 1 aliphatic heterocycles. The van der Waals surface area contributed by atoms with E-state index in [1.807, 2.05) is 18.2 Å². The second-order valence-electron chi connectivity index (χ2n) is 6.83. The standard InChI is InChI=1S/C18H23NO4/c20-16(9-18(10-17(21)22)6-2-1-3-7-18)19-15-5-4-13-11-23-12-14(13)8-15/h4-5,8H,1-3,6-7,9-12H2,(H,19,20)(H,21,22). The number of benzene rings is 1. The molecule has 0 bridgehead atoms. The van der Waals surface area contributed by atoms with E-state index in [2.05, 4.69) is 5.32 Å². The molecule has 0 saturated heterocycles. The fourth-order valence-corrected chi connectivity index (χ4v) is 3.83. The normalized spacial score (nSPS) is 19.1. The van der Waals surface area contributed by atoms with Crippen LogP contribution in [0.15, 0.2) is 18.2 Å². The first-order valence-electron chi connectivity index (χ1n) is 8.28. The molecule has 1 amide bonds. The van der Waals surface area contributed by atoms with Crippen molar-refractivity contribution in [1.29, 1.82) is 0 Å². The number of carboxylic acids is 1. The molecule has 124 valence electrons. The van der Waals surface area contributed by atoms with Gasteiger partial charge < -0.3 is 15.2 Å². The Morgan fingerprint density at radius 2 is 1.83 bits per heavy atom. The summed E-state index contributed by atoms with van der Waals surface area (Å²) >= 11 is 0. The molecule has 3 rings (SSSR count). The predicted octanol–water partition coefficient (Wildman–Crippen LogP) is 3.47. The zero-order chi connectivity index (χ0) is 16.3. The Hall–Kier alpha value is -1.88. The van der Waals surface area contributed by atoms with Gasteiger partial charge in [0.2, 0.25) is 5.91 Å². The quantitative estimate of drug-likeness (QED) is 0.872. The number of carbonyl (C=O) groups excluding carboxylic acids is 1. The van der Waals surface area contributed by atoms with Crippen molar-refractivity contribution in [3.63, 3.8) is 0 Å². The summed E-state index contributed by atoms with van der Waals surface area (Å²) in [4.78, 5) is 23.6. The molecule has 1 fully saturated rings. The summed E-state index contributed by atoms with van der Waals surface area (Å²) in [6.45, 7) is 1.22. The molecule has 1 aromatic rings. The second kappa shape index (κ2) is 6.71. The lowest BCUT2D eigenvalue weighted by Gasteiger charge is -2.35. The zero-order valence-electron chi connectivity index (χ0n) is 13.3. The number of fused-ring (bicyclic) bond motifs is 1. The number of anilines is 1. The van der Waals surface area contributed by atoms with Crippen molar-refractivity contribution in [1.82, 2.24) is 0 Å². The van der Waals surface area contributed by atoms with Crippen molar-refractivity contribution in [3.05, 3.63) is 29.3 Å². The molecule has 1 aliphatic carbocycles. The molecule has 5 heteroatoms. The molecule has 0 radical (unpaired) electrons. The SMILES string of the molecule is O=C(O)CC1(CC(=O)Nc2ccc3c(c2)COC3)CCCCC1. The van der Waals surface area contributed by atoms with Crippen molar-refractivity contribution in [2.24, 2.45) is 5.41 Å². The van der Waals surface area contributed by atoms with E-state index in [9.17, 15) is 14.7 Å². The van der Waals surface area contributed by atoms with Gasteiger partial charge in [0, 0.05) is 12.1 Å². The number of rotatable bonds is 5. The summed E-state index contributed by atoms with van der Waals surface area (Å²) in [7, 11) is 0. The third kappa shape index (κ3) is 3.91. The van der Waals surface area contributed by atoms with Crippen molar-refractivity contribution >= 4 is 17.6 Å². The van der Waals surface area contributed by atoms with Gasteiger partial charge in [-0.25, -0.2) is 0 Å². The van der Waals surface area contributed by atoms with E-state index < -0.39 is 5.97 Å². The van der Waals surface area contributed by atoms with Gasteiger partial charge in [0.15, 0.2) is 0 Å². The Labute approximate surface area is 136 Å². The number of aliphatic carboxylic acids is 1. The lowest BCUT2D eigenvalue weighted by atomic mass is 9.69. The smallest absolute Gasteiger partial charge is 0.303 e. The maximum absolute atomic E-state index is 12.4. The van der Waals surface area contributed by atoms with Gasteiger partial charge in [-0.05, 0) is 41.5 Å². The molecule has 1 heterocycles. The van der Waals surface area contributed by atoms with Gasteiger partial charge in [-0.15, -0.1) is 0 Å². The molecular weight excluding hydrogens is 294 g/mol. The van der Waals surface area contributed by atoms with E-state index >= 15 is 0 Å². The third-order valence-corrected chi connectivity index (χ3v) is 4.98. The molecule has 0 spiro atoms. The Balaban J connectivity index is 1.66.